The highest BCUT2D eigenvalue weighted by atomic mass is 32.1. The number of benzene rings is 1. The van der Waals surface area contributed by atoms with Gasteiger partial charge in [-0.3, -0.25) is 0 Å². The molecular formula is C26H46OS. The van der Waals surface area contributed by atoms with Crippen LogP contribution in [0.15, 0.2) is 24.3 Å². The van der Waals surface area contributed by atoms with Gasteiger partial charge in [0.1, 0.15) is 0 Å². The van der Waals surface area contributed by atoms with Gasteiger partial charge < -0.3 is 5.11 Å². The smallest absolute Gasteiger partial charge is 0.0906 e. The zero-order chi connectivity index (χ0) is 20.5. The molecule has 0 aliphatic carbocycles. The average Bonchev–Trinajstić information content (AvgIpc) is 2.73. The molecule has 1 nitrogen and oxygen atoms in total. The van der Waals surface area contributed by atoms with Gasteiger partial charge in [0.15, 0.2) is 0 Å². The number of aliphatic hydroxyl groups is 1. The molecule has 0 radical (unpaired) electrons. The maximum atomic E-state index is 10.5. The summed E-state index contributed by atoms with van der Waals surface area (Å²) in [5.41, 5.74) is 2.32. The molecule has 0 spiro atoms. The van der Waals surface area contributed by atoms with E-state index in [1.54, 1.807) is 0 Å². The SMILES string of the molecule is CCCCCCCCCCCCCCCCC(S)C(O)c1ccc(CC)cc1. The Hall–Kier alpha value is -0.470. The molecule has 0 aliphatic heterocycles. The highest BCUT2D eigenvalue weighted by molar-refractivity contribution is 7.81. The van der Waals surface area contributed by atoms with Gasteiger partial charge in [-0.25, -0.2) is 0 Å². The van der Waals surface area contributed by atoms with E-state index in [9.17, 15) is 5.11 Å². The number of thiol groups is 1. The van der Waals surface area contributed by atoms with Crippen molar-refractivity contribution in [1.29, 1.82) is 0 Å². The molecule has 0 aliphatic rings. The number of aryl methyl sites for hydroxylation is 1. The van der Waals surface area contributed by atoms with Crippen LogP contribution in [0.2, 0.25) is 0 Å². The lowest BCUT2D eigenvalue weighted by Crippen LogP contribution is -2.12. The van der Waals surface area contributed by atoms with Crippen LogP contribution >= 0.6 is 12.6 Å². The van der Waals surface area contributed by atoms with Crippen LogP contribution in [-0.2, 0) is 6.42 Å². The van der Waals surface area contributed by atoms with Crippen LogP contribution in [0.1, 0.15) is 127 Å². The summed E-state index contributed by atoms with van der Waals surface area (Å²) in [4.78, 5) is 0. The van der Waals surface area contributed by atoms with Gasteiger partial charge in [-0.05, 0) is 24.0 Å². The second-order valence-electron chi connectivity index (χ2n) is 8.49. The van der Waals surface area contributed by atoms with E-state index in [1.165, 1.54) is 95.5 Å². The van der Waals surface area contributed by atoms with Crippen molar-refractivity contribution in [3.63, 3.8) is 0 Å². The zero-order valence-corrected chi connectivity index (χ0v) is 19.6. The third-order valence-corrected chi connectivity index (χ3v) is 6.49. The Kier molecular flexibility index (Phi) is 15.9. The Morgan fingerprint density at radius 3 is 1.54 bits per heavy atom. The molecule has 1 N–H and O–H groups in total. The maximum Gasteiger partial charge on any atom is 0.0906 e. The van der Waals surface area contributed by atoms with Crippen LogP contribution in [0.4, 0.5) is 0 Å². The highest BCUT2D eigenvalue weighted by Crippen LogP contribution is 2.25. The molecular weight excluding hydrogens is 360 g/mol. The molecule has 1 rings (SSSR count). The minimum atomic E-state index is -0.448. The first-order chi connectivity index (χ1) is 13.7. The van der Waals surface area contributed by atoms with Crippen LogP contribution in [0.3, 0.4) is 0 Å². The first-order valence-corrected chi connectivity index (χ1v) is 12.7. The molecule has 1 aromatic rings. The van der Waals surface area contributed by atoms with Crippen LogP contribution in [-0.4, -0.2) is 10.4 Å². The largest absolute Gasteiger partial charge is 0.387 e. The van der Waals surface area contributed by atoms with Gasteiger partial charge in [-0.1, -0.05) is 128 Å². The molecule has 0 bridgehead atoms. The summed E-state index contributed by atoms with van der Waals surface area (Å²) in [6.45, 7) is 4.44. The lowest BCUT2D eigenvalue weighted by molar-refractivity contribution is 0.170. The minimum absolute atomic E-state index is 0.0461. The van der Waals surface area contributed by atoms with Gasteiger partial charge in [0.25, 0.3) is 0 Å². The number of hydrogen-bond donors (Lipinski definition) is 2. The molecule has 0 fully saturated rings. The Balaban J connectivity index is 1.93. The second-order valence-corrected chi connectivity index (χ2v) is 9.16. The van der Waals surface area contributed by atoms with Crippen molar-refractivity contribution in [2.75, 3.05) is 0 Å². The van der Waals surface area contributed by atoms with Crippen molar-refractivity contribution in [3.05, 3.63) is 35.4 Å². The van der Waals surface area contributed by atoms with Crippen molar-refractivity contribution in [2.45, 2.75) is 128 Å². The predicted octanol–water partition coefficient (Wildman–Crippen LogP) is 8.45. The van der Waals surface area contributed by atoms with Crippen LogP contribution < -0.4 is 0 Å². The van der Waals surface area contributed by atoms with Crippen molar-refractivity contribution in [1.82, 2.24) is 0 Å². The van der Waals surface area contributed by atoms with E-state index in [2.05, 4.69) is 50.7 Å². The second kappa shape index (κ2) is 17.4. The van der Waals surface area contributed by atoms with Crippen LogP contribution in [0.5, 0.6) is 0 Å². The van der Waals surface area contributed by atoms with Gasteiger partial charge in [0, 0.05) is 5.25 Å². The molecule has 2 heteroatoms. The number of hydrogen-bond acceptors (Lipinski definition) is 2. The van der Waals surface area contributed by atoms with Crippen molar-refractivity contribution in [3.8, 4) is 0 Å². The molecule has 0 saturated carbocycles. The van der Waals surface area contributed by atoms with E-state index in [0.717, 1.165) is 18.4 Å². The quantitative estimate of drug-likeness (QED) is 0.185. The highest BCUT2D eigenvalue weighted by Gasteiger charge is 2.16. The van der Waals surface area contributed by atoms with Crippen LogP contribution in [0.25, 0.3) is 0 Å². The van der Waals surface area contributed by atoms with E-state index >= 15 is 0 Å². The summed E-state index contributed by atoms with van der Waals surface area (Å²) in [6.07, 6.45) is 20.9. The Morgan fingerprint density at radius 1 is 0.679 bits per heavy atom. The van der Waals surface area contributed by atoms with E-state index < -0.39 is 6.10 Å². The monoisotopic (exact) mass is 406 g/mol. The molecule has 162 valence electrons. The molecule has 0 saturated heterocycles. The third kappa shape index (κ3) is 12.2. The summed E-state index contributed by atoms with van der Waals surface area (Å²) in [5, 5.41) is 10.5. The number of unbranched alkanes of at least 4 members (excludes halogenated alkanes) is 13. The zero-order valence-electron chi connectivity index (χ0n) is 18.7. The summed E-state index contributed by atoms with van der Waals surface area (Å²) < 4.78 is 0. The lowest BCUT2D eigenvalue weighted by Gasteiger charge is -2.18. The first kappa shape index (κ1) is 25.6. The summed E-state index contributed by atoms with van der Waals surface area (Å²) >= 11 is 4.65. The topological polar surface area (TPSA) is 20.2 Å². The molecule has 0 aromatic heterocycles. The van der Waals surface area contributed by atoms with E-state index in [0.29, 0.717) is 0 Å². The van der Waals surface area contributed by atoms with Gasteiger partial charge >= 0.3 is 0 Å². The van der Waals surface area contributed by atoms with Gasteiger partial charge in [-0.15, -0.1) is 0 Å². The third-order valence-electron chi connectivity index (χ3n) is 5.95. The summed E-state index contributed by atoms with van der Waals surface area (Å²) in [7, 11) is 0. The number of aliphatic hydroxyl groups excluding tert-OH is 1. The molecule has 2 unspecified atom stereocenters. The van der Waals surface area contributed by atoms with Crippen LogP contribution in [0, 0.1) is 0 Å². The first-order valence-electron chi connectivity index (χ1n) is 12.1. The summed E-state index contributed by atoms with van der Waals surface area (Å²) in [6, 6.07) is 8.34. The van der Waals surface area contributed by atoms with E-state index in [4.69, 9.17) is 0 Å². The average molecular weight is 407 g/mol. The van der Waals surface area contributed by atoms with Crippen molar-refractivity contribution >= 4 is 12.6 Å². The Labute approximate surface area is 181 Å². The predicted molar refractivity (Wildman–Crippen MR) is 128 cm³/mol. The maximum absolute atomic E-state index is 10.5. The van der Waals surface area contributed by atoms with Crippen molar-refractivity contribution < 1.29 is 5.11 Å². The van der Waals surface area contributed by atoms with E-state index in [1.807, 2.05) is 0 Å². The van der Waals surface area contributed by atoms with Gasteiger partial charge in [0.05, 0.1) is 6.10 Å². The molecule has 2 atom stereocenters. The van der Waals surface area contributed by atoms with Gasteiger partial charge in [0.2, 0.25) is 0 Å². The molecule has 0 amide bonds. The lowest BCUT2D eigenvalue weighted by atomic mass is 9.99. The Morgan fingerprint density at radius 2 is 1.11 bits per heavy atom. The number of rotatable bonds is 18. The summed E-state index contributed by atoms with van der Waals surface area (Å²) in [5.74, 6) is 0. The minimum Gasteiger partial charge on any atom is -0.387 e. The van der Waals surface area contributed by atoms with Crippen molar-refractivity contribution in [2.24, 2.45) is 0 Å². The van der Waals surface area contributed by atoms with E-state index in [-0.39, 0.29) is 5.25 Å². The normalized spacial score (nSPS) is 13.6. The standard InChI is InChI=1S/C26H46OS/c1-3-5-6-7-8-9-10-11-12-13-14-15-16-17-18-25(28)26(27)24-21-19-23(4-2)20-22-24/h19-22,25-28H,3-18H2,1-2H3. The Bertz CT molecular complexity index is 456. The fourth-order valence-corrected chi connectivity index (χ4v) is 4.23. The molecule has 0 heterocycles. The molecule has 1 aromatic carbocycles. The fraction of sp³-hybridized carbons (Fsp3) is 0.769. The molecule has 28 heavy (non-hydrogen) atoms. The fourth-order valence-electron chi connectivity index (χ4n) is 3.88. The van der Waals surface area contributed by atoms with Gasteiger partial charge in [-0.2, -0.15) is 12.6 Å².